The molecule has 28 heavy (non-hydrogen) atoms. The van der Waals surface area contributed by atoms with Gasteiger partial charge in [-0.2, -0.15) is 10.1 Å². The zero-order valence-corrected chi connectivity index (χ0v) is 15.5. The quantitative estimate of drug-likeness (QED) is 0.537. The molecule has 0 fully saturated rings. The van der Waals surface area contributed by atoms with Crippen molar-refractivity contribution in [2.75, 3.05) is 11.1 Å². The van der Waals surface area contributed by atoms with Crippen molar-refractivity contribution in [2.45, 2.75) is 6.54 Å². The first-order valence-corrected chi connectivity index (χ1v) is 8.74. The Morgan fingerprint density at radius 1 is 1.14 bits per heavy atom. The van der Waals surface area contributed by atoms with Crippen molar-refractivity contribution in [3.63, 3.8) is 0 Å². The van der Waals surface area contributed by atoms with Gasteiger partial charge in [-0.3, -0.25) is 4.68 Å². The molecular weight excluding hydrogens is 386 g/mol. The molecule has 0 radical (unpaired) electrons. The number of aromatic nitrogens is 4. The fourth-order valence-corrected chi connectivity index (χ4v) is 3.05. The second kappa shape index (κ2) is 7.05. The molecular formula is C19H15ClF2N6. The van der Waals surface area contributed by atoms with Crippen LogP contribution in [-0.2, 0) is 13.6 Å². The Bertz CT molecular complexity index is 1190. The van der Waals surface area contributed by atoms with E-state index in [2.05, 4.69) is 20.4 Å². The second-order valence-electron chi connectivity index (χ2n) is 6.22. The summed E-state index contributed by atoms with van der Waals surface area (Å²) in [5.74, 6) is -0.193. The van der Waals surface area contributed by atoms with Crippen LogP contribution in [0.4, 0.5) is 20.5 Å². The van der Waals surface area contributed by atoms with Gasteiger partial charge in [0.25, 0.3) is 0 Å². The van der Waals surface area contributed by atoms with Gasteiger partial charge in [0, 0.05) is 19.2 Å². The molecule has 0 saturated carbocycles. The van der Waals surface area contributed by atoms with Gasteiger partial charge in [-0.05, 0) is 35.9 Å². The maximum Gasteiger partial charge on any atom is 0.225 e. The number of hydrogen-bond acceptors (Lipinski definition) is 5. The fraction of sp³-hybridized carbons (Fsp3) is 0.105. The molecule has 0 aliphatic carbocycles. The highest BCUT2D eigenvalue weighted by Gasteiger charge is 2.18. The first-order valence-electron chi connectivity index (χ1n) is 8.36. The first kappa shape index (κ1) is 18.1. The average molecular weight is 401 g/mol. The third-order valence-corrected chi connectivity index (χ3v) is 4.56. The Morgan fingerprint density at radius 3 is 2.71 bits per heavy atom. The highest BCUT2D eigenvalue weighted by molar-refractivity contribution is 6.31. The molecule has 3 N–H and O–H groups in total. The van der Waals surface area contributed by atoms with Crippen molar-refractivity contribution in [1.29, 1.82) is 0 Å². The van der Waals surface area contributed by atoms with E-state index < -0.39 is 5.82 Å². The number of nitrogens with two attached hydrogens (primary N) is 1. The van der Waals surface area contributed by atoms with Gasteiger partial charge < -0.3 is 11.1 Å². The lowest BCUT2D eigenvalue weighted by molar-refractivity contribution is 0.625. The van der Waals surface area contributed by atoms with E-state index in [0.29, 0.717) is 34.7 Å². The smallest absolute Gasteiger partial charge is 0.225 e. The molecule has 4 rings (SSSR count). The maximum absolute atomic E-state index is 13.6. The number of nitrogens with zero attached hydrogens (tertiary/aromatic N) is 4. The van der Waals surface area contributed by atoms with Crippen molar-refractivity contribution in [3.05, 3.63) is 64.7 Å². The first-order chi connectivity index (χ1) is 13.4. The van der Waals surface area contributed by atoms with Gasteiger partial charge in [-0.1, -0.05) is 23.7 Å². The van der Waals surface area contributed by atoms with Crippen LogP contribution in [0.5, 0.6) is 0 Å². The highest BCUT2D eigenvalue weighted by atomic mass is 35.5. The van der Waals surface area contributed by atoms with Gasteiger partial charge in [0.15, 0.2) is 5.65 Å². The van der Waals surface area contributed by atoms with Gasteiger partial charge in [0.05, 0.1) is 16.1 Å². The summed E-state index contributed by atoms with van der Waals surface area (Å²) in [5.41, 5.74) is 8.29. The SMILES string of the molecule is Cn1nc2nc(NCc3cccc(F)c3)nc(-c3ccc(F)c(Cl)c3)c2c1N. The molecule has 2 aromatic heterocycles. The van der Waals surface area contributed by atoms with Crippen LogP contribution < -0.4 is 11.1 Å². The number of anilines is 2. The molecule has 0 amide bonds. The molecule has 0 unspecified atom stereocenters. The number of hydrogen-bond donors (Lipinski definition) is 2. The Kier molecular flexibility index (Phi) is 4.56. The third kappa shape index (κ3) is 3.34. The van der Waals surface area contributed by atoms with Gasteiger partial charge in [-0.25, -0.2) is 13.8 Å². The van der Waals surface area contributed by atoms with Gasteiger partial charge >= 0.3 is 0 Å². The molecule has 0 saturated heterocycles. The summed E-state index contributed by atoms with van der Waals surface area (Å²) in [5, 5.41) is 7.88. The summed E-state index contributed by atoms with van der Waals surface area (Å²) in [4.78, 5) is 8.91. The van der Waals surface area contributed by atoms with E-state index in [1.165, 1.54) is 28.9 Å². The zero-order chi connectivity index (χ0) is 19.8. The predicted octanol–water partition coefficient (Wildman–Crippen LogP) is 4.16. The largest absolute Gasteiger partial charge is 0.383 e. The monoisotopic (exact) mass is 400 g/mol. The van der Waals surface area contributed by atoms with Crippen LogP contribution in [0.1, 0.15) is 5.56 Å². The molecule has 2 aromatic carbocycles. The van der Waals surface area contributed by atoms with E-state index >= 15 is 0 Å². The summed E-state index contributed by atoms with van der Waals surface area (Å²) < 4.78 is 28.4. The van der Waals surface area contributed by atoms with E-state index in [9.17, 15) is 8.78 Å². The molecule has 0 atom stereocenters. The standard InChI is InChI=1S/C19H15ClF2N6/c1-28-17(23)15-16(11-5-6-14(22)13(20)8-11)25-19(26-18(15)27-28)24-9-10-3-2-4-12(21)7-10/h2-8H,9,23H2,1H3,(H,24,26,27). The van der Waals surface area contributed by atoms with Gasteiger partial charge in [0.2, 0.25) is 5.95 Å². The van der Waals surface area contributed by atoms with Crippen LogP contribution in [0, 0.1) is 11.6 Å². The lowest BCUT2D eigenvalue weighted by Gasteiger charge is -2.09. The van der Waals surface area contributed by atoms with Crippen molar-refractivity contribution >= 4 is 34.4 Å². The second-order valence-corrected chi connectivity index (χ2v) is 6.62. The molecule has 142 valence electrons. The molecule has 0 bridgehead atoms. The lowest BCUT2D eigenvalue weighted by atomic mass is 10.1. The van der Waals surface area contributed by atoms with E-state index in [1.807, 2.05) is 0 Å². The molecule has 6 nitrogen and oxygen atoms in total. The number of nitrogen functional groups attached to an aromatic ring is 1. The van der Waals surface area contributed by atoms with Crippen molar-refractivity contribution < 1.29 is 8.78 Å². The van der Waals surface area contributed by atoms with Crippen molar-refractivity contribution in [3.8, 4) is 11.3 Å². The minimum absolute atomic E-state index is 0.0269. The summed E-state index contributed by atoms with van der Waals surface area (Å²) in [6.07, 6.45) is 0. The van der Waals surface area contributed by atoms with Crippen LogP contribution >= 0.6 is 11.6 Å². The fourth-order valence-electron chi connectivity index (χ4n) is 2.87. The number of halogens is 3. The molecule has 2 heterocycles. The average Bonchev–Trinajstić information content (AvgIpc) is 2.96. The highest BCUT2D eigenvalue weighted by Crippen LogP contribution is 2.32. The van der Waals surface area contributed by atoms with Gasteiger partial charge in [-0.15, -0.1) is 0 Å². The minimum Gasteiger partial charge on any atom is -0.383 e. The third-order valence-electron chi connectivity index (χ3n) is 4.27. The predicted molar refractivity (Wildman–Crippen MR) is 105 cm³/mol. The summed E-state index contributed by atoms with van der Waals surface area (Å²) >= 11 is 5.93. The topological polar surface area (TPSA) is 81.7 Å². The lowest BCUT2D eigenvalue weighted by Crippen LogP contribution is -2.05. The summed E-state index contributed by atoms with van der Waals surface area (Å²) in [7, 11) is 1.69. The van der Waals surface area contributed by atoms with Crippen LogP contribution in [0.25, 0.3) is 22.3 Å². The van der Waals surface area contributed by atoms with E-state index in [1.54, 1.807) is 25.2 Å². The minimum atomic E-state index is -0.528. The Hall–Kier alpha value is -3.26. The van der Waals surface area contributed by atoms with Crippen LogP contribution in [0.15, 0.2) is 42.5 Å². The molecule has 0 aliphatic heterocycles. The molecule has 4 aromatic rings. The molecule has 9 heteroatoms. The number of benzene rings is 2. The Balaban J connectivity index is 1.79. The number of fused-ring (bicyclic) bond motifs is 1. The Morgan fingerprint density at radius 2 is 1.96 bits per heavy atom. The normalized spacial score (nSPS) is 11.1. The summed E-state index contributed by atoms with van der Waals surface area (Å²) in [6, 6.07) is 10.5. The van der Waals surface area contributed by atoms with E-state index in [-0.39, 0.29) is 16.8 Å². The van der Waals surface area contributed by atoms with Gasteiger partial charge in [0.1, 0.15) is 17.5 Å². The number of rotatable bonds is 4. The Labute approximate surface area is 164 Å². The molecule has 0 spiro atoms. The van der Waals surface area contributed by atoms with Crippen molar-refractivity contribution in [2.24, 2.45) is 7.05 Å². The summed E-state index contributed by atoms with van der Waals surface area (Å²) in [6.45, 7) is 0.315. The maximum atomic E-state index is 13.6. The van der Waals surface area contributed by atoms with Crippen molar-refractivity contribution in [1.82, 2.24) is 19.7 Å². The molecule has 0 aliphatic rings. The van der Waals surface area contributed by atoms with E-state index in [0.717, 1.165) is 5.56 Å². The number of aryl methyl sites for hydroxylation is 1. The zero-order valence-electron chi connectivity index (χ0n) is 14.7. The van der Waals surface area contributed by atoms with Crippen LogP contribution in [0.2, 0.25) is 5.02 Å². The van der Waals surface area contributed by atoms with Crippen LogP contribution in [0.3, 0.4) is 0 Å². The number of nitrogens with one attached hydrogen (secondary N) is 1. The van der Waals surface area contributed by atoms with Crippen LogP contribution in [-0.4, -0.2) is 19.7 Å². The van der Waals surface area contributed by atoms with E-state index in [4.69, 9.17) is 17.3 Å².